The molecule has 126 valence electrons. The van der Waals surface area contributed by atoms with Crippen molar-refractivity contribution in [2.75, 3.05) is 51.7 Å². The van der Waals surface area contributed by atoms with Crippen LogP contribution >= 0.6 is 0 Å². The predicted molar refractivity (Wildman–Crippen MR) is 91.8 cm³/mol. The van der Waals surface area contributed by atoms with E-state index >= 15 is 0 Å². The molecule has 2 atom stereocenters. The highest BCUT2D eigenvalue weighted by atomic mass is 16.5. The number of anilines is 1. The monoisotopic (exact) mass is 317 g/mol. The molecule has 1 amide bonds. The average molecular weight is 317 g/mol. The zero-order valence-electron chi connectivity index (χ0n) is 14.1. The van der Waals surface area contributed by atoms with E-state index in [4.69, 9.17) is 4.74 Å². The van der Waals surface area contributed by atoms with Gasteiger partial charge in [0.05, 0.1) is 5.69 Å². The number of nitrogens with zero attached hydrogens (tertiary/aromatic N) is 2. The van der Waals surface area contributed by atoms with Crippen molar-refractivity contribution in [1.82, 2.24) is 9.80 Å². The van der Waals surface area contributed by atoms with Crippen molar-refractivity contribution >= 4 is 11.6 Å². The molecule has 1 aliphatic carbocycles. The van der Waals surface area contributed by atoms with Crippen molar-refractivity contribution < 1.29 is 9.53 Å². The third-order valence-corrected chi connectivity index (χ3v) is 4.85. The van der Waals surface area contributed by atoms with E-state index in [0.29, 0.717) is 12.5 Å². The fourth-order valence-electron chi connectivity index (χ4n) is 2.96. The minimum absolute atomic E-state index is 0.118. The summed E-state index contributed by atoms with van der Waals surface area (Å²) < 4.78 is 5.92. The van der Waals surface area contributed by atoms with Crippen LogP contribution in [-0.4, -0.2) is 62.1 Å². The molecule has 0 unspecified atom stereocenters. The van der Waals surface area contributed by atoms with Crippen molar-refractivity contribution in [3.8, 4) is 5.75 Å². The number of hydrogen-bond acceptors (Lipinski definition) is 4. The molecule has 1 saturated heterocycles. The Labute approximate surface area is 138 Å². The Morgan fingerprint density at radius 1 is 1.26 bits per heavy atom. The first-order chi connectivity index (χ1) is 11.1. The van der Waals surface area contributed by atoms with Crippen LogP contribution in [0.2, 0.25) is 0 Å². The molecule has 1 heterocycles. The van der Waals surface area contributed by atoms with E-state index in [9.17, 15) is 4.79 Å². The van der Waals surface area contributed by atoms with Crippen molar-refractivity contribution in [1.29, 1.82) is 0 Å². The molecule has 23 heavy (non-hydrogen) atoms. The molecule has 0 aromatic heterocycles. The van der Waals surface area contributed by atoms with Crippen LogP contribution in [0.3, 0.4) is 0 Å². The summed E-state index contributed by atoms with van der Waals surface area (Å²) in [5.41, 5.74) is 0.787. The summed E-state index contributed by atoms with van der Waals surface area (Å²) in [7, 11) is 2.16. The molecular formula is C18H27N3O2. The average Bonchev–Trinajstić information content (AvgIpc) is 3.28. The first-order valence-electron chi connectivity index (χ1n) is 8.57. The van der Waals surface area contributed by atoms with Crippen LogP contribution in [0.25, 0.3) is 0 Å². The molecule has 1 aromatic carbocycles. The summed E-state index contributed by atoms with van der Waals surface area (Å²) >= 11 is 0. The van der Waals surface area contributed by atoms with E-state index < -0.39 is 0 Å². The van der Waals surface area contributed by atoms with E-state index in [1.807, 2.05) is 24.3 Å². The highest BCUT2D eigenvalue weighted by Crippen LogP contribution is 2.39. The standard InChI is InChI=1S/C18H27N3O2/c1-14-13-15(14)18(22)19-16-5-3-4-6-17(16)23-12-11-21-9-7-20(2)8-10-21/h3-6,14-15H,7-13H2,1-2H3,(H,19,22)/t14-,15+/m0/s1. The minimum atomic E-state index is 0.118. The van der Waals surface area contributed by atoms with Crippen LogP contribution in [0.5, 0.6) is 5.75 Å². The summed E-state index contributed by atoms with van der Waals surface area (Å²) in [4.78, 5) is 16.9. The number of rotatable bonds is 6. The van der Waals surface area contributed by atoms with Gasteiger partial charge in [0.2, 0.25) is 5.91 Å². The summed E-state index contributed by atoms with van der Waals surface area (Å²) in [6.07, 6.45) is 0.998. The van der Waals surface area contributed by atoms with Gasteiger partial charge in [-0.1, -0.05) is 19.1 Å². The number of amides is 1. The van der Waals surface area contributed by atoms with Crippen molar-refractivity contribution in [2.24, 2.45) is 11.8 Å². The maximum Gasteiger partial charge on any atom is 0.227 e. The lowest BCUT2D eigenvalue weighted by molar-refractivity contribution is -0.117. The molecule has 2 aliphatic rings. The Morgan fingerprint density at radius 2 is 1.96 bits per heavy atom. The van der Waals surface area contributed by atoms with Crippen LogP contribution in [0, 0.1) is 11.8 Å². The molecule has 5 nitrogen and oxygen atoms in total. The number of nitrogens with one attached hydrogen (secondary N) is 1. The number of carbonyl (C=O) groups is 1. The minimum Gasteiger partial charge on any atom is -0.490 e. The number of likely N-dealkylation sites (N-methyl/N-ethyl adjacent to an activating group) is 1. The second-order valence-corrected chi connectivity index (χ2v) is 6.80. The molecule has 1 saturated carbocycles. The third kappa shape index (κ3) is 4.45. The number of para-hydroxylation sites is 2. The van der Waals surface area contributed by atoms with Crippen LogP contribution < -0.4 is 10.1 Å². The van der Waals surface area contributed by atoms with E-state index in [0.717, 1.165) is 50.6 Å². The Kier molecular flexibility index (Phi) is 5.18. The lowest BCUT2D eigenvalue weighted by Crippen LogP contribution is -2.45. The third-order valence-electron chi connectivity index (χ3n) is 4.85. The smallest absolute Gasteiger partial charge is 0.227 e. The van der Waals surface area contributed by atoms with Gasteiger partial charge >= 0.3 is 0 Å². The van der Waals surface area contributed by atoms with Crippen LogP contribution in [0.15, 0.2) is 24.3 Å². The molecule has 2 fully saturated rings. The van der Waals surface area contributed by atoms with Crippen LogP contribution in [0.4, 0.5) is 5.69 Å². The molecule has 0 spiro atoms. The molecule has 5 heteroatoms. The van der Waals surface area contributed by atoms with E-state index in [1.165, 1.54) is 0 Å². The lowest BCUT2D eigenvalue weighted by atomic mass is 10.2. The summed E-state index contributed by atoms with van der Waals surface area (Å²) in [5, 5.41) is 3.01. The molecule has 3 rings (SSSR count). The normalized spacial score (nSPS) is 25.1. The Bertz CT molecular complexity index is 541. The Morgan fingerprint density at radius 3 is 2.65 bits per heavy atom. The number of benzene rings is 1. The van der Waals surface area contributed by atoms with Gasteiger partial charge in [0.1, 0.15) is 12.4 Å². The SMILES string of the molecule is C[C@H]1C[C@H]1C(=O)Nc1ccccc1OCCN1CCN(C)CC1. The van der Waals surface area contributed by atoms with Gasteiger partial charge < -0.3 is 15.0 Å². The largest absolute Gasteiger partial charge is 0.490 e. The lowest BCUT2D eigenvalue weighted by Gasteiger charge is -2.32. The Hall–Kier alpha value is -1.59. The molecule has 0 radical (unpaired) electrons. The number of piperazine rings is 1. The topological polar surface area (TPSA) is 44.8 Å². The maximum atomic E-state index is 12.1. The maximum absolute atomic E-state index is 12.1. The van der Waals surface area contributed by atoms with E-state index in [2.05, 4.69) is 29.1 Å². The summed E-state index contributed by atoms with van der Waals surface area (Å²) in [6.45, 7) is 8.11. The van der Waals surface area contributed by atoms with Crippen molar-refractivity contribution in [2.45, 2.75) is 13.3 Å². The highest BCUT2D eigenvalue weighted by Gasteiger charge is 2.39. The van der Waals surface area contributed by atoms with Gasteiger partial charge in [0.15, 0.2) is 0 Å². The summed E-state index contributed by atoms with van der Waals surface area (Å²) in [6, 6.07) is 7.71. The predicted octanol–water partition coefficient (Wildman–Crippen LogP) is 1.91. The molecular weight excluding hydrogens is 290 g/mol. The zero-order chi connectivity index (χ0) is 16.2. The Balaban J connectivity index is 1.48. The van der Waals surface area contributed by atoms with Gasteiger partial charge in [-0.2, -0.15) is 0 Å². The molecule has 1 N–H and O–H groups in total. The van der Waals surface area contributed by atoms with Gasteiger partial charge in [0, 0.05) is 38.6 Å². The van der Waals surface area contributed by atoms with Crippen LogP contribution in [0.1, 0.15) is 13.3 Å². The quantitative estimate of drug-likeness (QED) is 0.870. The first-order valence-corrected chi connectivity index (χ1v) is 8.57. The van der Waals surface area contributed by atoms with Gasteiger partial charge in [-0.3, -0.25) is 9.69 Å². The number of hydrogen-bond donors (Lipinski definition) is 1. The van der Waals surface area contributed by atoms with E-state index in [-0.39, 0.29) is 11.8 Å². The fraction of sp³-hybridized carbons (Fsp3) is 0.611. The van der Waals surface area contributed by atoms with Crippen molar-refractivity contribution in [3.63, 3.8) is 0 Å². The van der Waals surface area contributed by atoms with Crippen LogP contribution in [-0.2, 0) is 4.79 Å². The number of carbonyl (C=O) groups excluding carboxylic acids is 1. The number of ether oxygens (including phenoxy) is 1. The summed E-state index contributed by atoms with van der Waals surface area (Å²) in [5.74, 6) is 1.57. The van der Waals surface area contributed by atoms with E-state index in [1.54, 1.807) is 0 Å². The first kappa shape index (κ1) is 16.3. The van der Waals surface area contributed by atoms with Gasteiger partial charge in [-0.25, -0.2) is 0 Å². The second kappa shape index (κ2) is 7.32. The second-order valence-electron chi connectivity index (χ2n) is 6.80. The molecule has 1 aromatic rings. The van der Waals surface area contributed by atoms with Gasteiger partial charge in [-0.05, 0) is 31.5 Å². The van der Waals surface area contributed by atoms with Gasteiger partial charge in [-0.15, -0.1) is 0 Å². The highest BCUT2D eigenvalue weighted by molar-refractivity contribution is 5.95. The zero-order valence-corrected chi connectivity index (χ0v) is 14.1. The van der Waals surface area contributed by atoms with Gasteiger partial charge in [0.25, 0.3) is 0 Å². The molecule has 1 aliphatic heterocycles. The fourth-order valence-corrected chi connectivity index (χ4v) is 2.96. The molecule has 0 bridgehead atoms. The van der Waals surface area contributed by atoms with Crippen molar-refractivity contribution in [3.05, 3.63) is 24.3 Å².